The maximum Gasteiger partial charge on any atom is 0.279 e. The molecule has 0 aliphatic carbocycles. The zero-order valence-electron chi connectivity index (χ0n) is 6.75. The predicted molar refractivity (Wildman–Crippen MR) is 42.2 cm³/mol. The van der Waals surface area contributed by atoms with E-state index in [2.05, 4.69) is 0 Å². The number of carbonyl (C=O) groups excluding carboxylic acids is 1. The van der Waals surface area contributed by atoms with Gasteiger partial charge in [-0.25, -0.2) is 8.78 Å². The van der Waals surface area contributed by atoms with Crippen molar-refractivity contribution in [1.29, 1.82) is 0 Å². The van der Waals surface area contributed by atoms with Gasteiger partial charge >= 0.3 is 0 Å². The van der Waals surface area contributed by atoms with E-state index in [1.54, 1.807) is 4.98 Å². The minimum atomic E-state index is -3.09. The van der Waals surface area contributed by atoms with E-state index < -0.39 is 34.9 Å². The van der Waals surface area contributed by atoms with Crippen LogP contribution in [0, 0.1) is 0 Å². The molecule has 0 aliphatic rings. The maximum atomic E-state index is 12.3. The summed E-state index contributed by atoms with van der Waals surface area (Å²) in [5.41, 5.74) is 2.09. The third-order valence-electron chi connectivity index (χ3n) is 1.52. The van der Waals surface area contributed by atoms with Crippen molar-refractivity contribution in [3.63, 3.8) is 0 Å². The van der Waals surface area contributed by atoms with Crippen LogP contribution in [0.3, 0.4) is 0 Å². The number of pyridine rings is 1. The molecule has 14 heavy (non-hydrogen) atoms. The van der Waals surface area contributed by atoms with Gasteiger partial charge in [0.05, 0.1) is 0 Å². The van der Waals surface area contributed by atoms with Gasteiger partial charge in [0, 0.05) is 6.07 Å². The quantitative estimate of drug-likeness (QED) is 0.638. The number of hydrogen-bond acceptors (Lipinski definition) is 3. The molecule has 1 aromatic heterocycles. The molecular formula is C7H6F2N2O3. The van der Waals surface area contributed by atoms with Crippen LogP contribution in [0.5, 0.6) is 5.75 Å². The minimum absolute atomic E-state index is 0.603. The van der Waals surface area contributed by atoms with Gasteiger partial charge in [-0.1, -0.05) is 0 Å². The second-order valence-electron chi connectivity index (χ2n) is 2.47. The van der Waals surface area contributed by atoms with Crippen LogP contribution in [-0.4, -0.2) is 16.0 Å². The molecule has 1 heterocycles. The van der Waals surface area contributed by atoms with Gasteiger partial charge in [0.25, 0.3) is 17.9 Å². The Bertz CT molecular complexity index is 427. The van der Waals surface area contributed by atoms with Gasteiger partial charge in [0.15, 0.2) is 0 Å². The van der Waals surface area contributed by atoms with Crippen molar-refractivity contribution in [1.82, 2.24) is 4.98 Å². The monoisotopic (exact) mass is 204 g/mol. The van der Waals surface area contributed by atoms with Gasteiger partial charge in [-0.05, 0) is 0 Å². The van der Waals surface area contributed by atoms with Crippen molar-refractivity contribution < 1.29 is 18.7 Å². The maximum absolute atomic E-state index is 12.3. The smallest absolute Gasteiger partial charge is 0.279 e. The SMILES string of the molecule is NC(=O)c1c(O)cc(=O)[nH]c1C(F)F. The molecule has 0 aromatic carbocycles. The molecule has 0 radical (unpaired) electrons. The van der Waals surface area contributed by atoms with Crippen LogP contribution in [0.25, 0.3) is 0 Å². The summed E-state index contributed by atoms with van der Waals surface area (Å²) >= 11 is 0. The van der Waals surface area contributed by atoms with E-state index >= 15 is 0 Å². The van der Waals surface area contributed by atoms with E-state index in [1.807, 2.05) is 0 Å². The largest absolute Gasteiger partial charge is 0.507 e. The molecule has 0 saturated carbocycles. The van der Waals surface area contributed by atoms with E-state index in [0.29, 0.717) is 6.07 Å². The van der Waals surface area contributed by atoms with E-state index in [1.165, 1.54) is 0 Å². The summed E-state index contributed by atoms with van der Waals surface area (Å²) in [5, 5.41) is 9.04. The standard InChI is InChI=1S/C7H6F2N2O3/c8-6(9)5-4(7(10)14)2(12)1-3(13)11-5/h1,6H,(H2,10,14)(H2,11,12,13). The van der Waals surface area contributed by atoms with Crippen LogP contribution in [0.2, 0.25) is 0 Å². The van der Waals surface area contributed by atoms with Crippen molar-refractivity contribution in [3.05, 3.63) is 27.7 Å². The van der Waals surface area contributed by atoms with Crippen molar-refractivity contribution in [2.45, 2.75) is 6.43 Å². The van der Waals surface area contributed by atoms with Gasteiger partial charge in [-0.15, -0.1) is 0 Å². The lowest BCUT2D eigenvalue weighted by Crippen LogP contribution is -2.19. The first-order chi connectivity index (χ1) is 6.43. The van der Waals surface area contributed by atoms with Gasteiger partial charge in [0.2, 0.25) is 0 Å². The zero-order chi connectivity index (χ0) is 10.9. The first-order valence-electron chi connectivity index (χ1n) is 3.47. The molecule has 1 rings (SSSR count). The molecule has 5 nitrogen and oxygen atoms in total. The van der Waals surface area contributed by atoms with Crippen LogP contribution >= 0.6 is 0 Å². The Hall–Kier alpha value is -1.92. The van der Waals surface area contributed by atoms with E-state index in [0.717, 1.165) is 0 Å². The first-order valence-corrected chi connectivity index (χ1v) is 3.47. The lowest BCUT2D eigenvalue weighted by molar-refractivity contribution is 0.0979. The second-order valence-corrected chi connectivity index (χ2v) is 2.47. The van der Waals surface area contributed by atoms with Crippen molar-refractivity contribution in [3.8, 4) is 5.75 Å². The third kappa shape index (κ3) is 1.70. The normalized spacial score (nSPS) is 10.5. The fourth-order valence-electron chi connectivity index (χ4n) is 0.988. The molecule has 1 amide bonds. The molecule has 0 atom stereocenters. The summed E-state index contributed by atoms with van der Waals surface area (Å²) in [7, 11) is 0. The molecule has 4 N–H and O–H groups in total. The molecule has 76 valence electrons. The summed E-state index contributed by atoms with van der Waals surface area (Å²) in [5.74, 6) is -2.08. The molecule has 1 aromatic rings. The highest BCUT2D eigenvalue weighted by molar-refractivity contribution is 5.96. The zero-order valence-corrected chi connectivity index (χ0v) is 6.75. The fraction of sp³-hybridized carbons (Fsp3) is 0.143. The fourth-order valence-corrected chi connectivity index (χ4v) is 0.988. The highest BCUT2D eigenvalue weighted by atomic mass is 19.3. The highest BCUT2D eigenvalue weighted by Crippen LogP contribution is 2.24. The number of aromatic hydroxyl groups is 1. The van der Waals surface area contributed by atoms with E-state index in [-0.39, 0.29) is 0 Å². The number of primary amides is 1. The summed E-state index contributed by atoms with van der Waals surface area (Å²) in [6.07, 6.45) is -3.09. The predicted octanol–water partition coefficient (Wildman–Crippen LogP) is 0.117. The van der Waals surface area contributed by atoms with Crippen LogP contribution in [0.1, 0.15) is 22.5 Å². The number of halogens is 2. The molecule has 0 saturated heterocycles. The average Bonchev–Trinajstić information content (AvgIpc) is 2.01. The third-order valence-corrected chi connectivity index (χ3v) is 1.52. The van der Waals surface area contributed by atoms with Gasteiger partial charge in [-0.2, -0.15) is 0 Å². The Balaban J connectivity index is 3.52. The number of nitrogens with two attached hydrogens (primary N) is 1. The highest BCUT2D eigenvalue weighted by Gasteiger charge is 2.21. The lowest BCUT2D eigenvalue weighted by Gasteiger charge is -2.06. The molecular weight excluding hydrogens is 198 g/mol. The summed E-state index contributed by atoms with van der Waals surface area (Å²) in [6, 6.07) is 0.603. The van der Waals surface area contributed by atoms with Crippen LogP contribution in [0.4, 0.5) is 8.78 Å². The molecule has 0 aliphatic heterocycles. The Kier molecular flexibility index (Phi) is 2.50. The number of rotatable bonds is 2. The minimum Gasteiger partial charge on any atom is -0.507 e. The molecule has 0 spiro atoms. The van der Waals surface area contributed by atoms with Crippen molar-refractivity contribution >= 4 is 5.91 Å². The second kappa shape index (κ2) is 3.44. The van der Waals surface area contributed by atoms with Gasteiger partial charge in [0.1, 0.15) is 17.0 Å². The van der Waals surface area contributed by atoms with Gasteiger partial charge in [-0.3, -0.25) is 9.59 Å². The van der Waals surface area contributed by atoms with Crippen LogP contribution < -0.4 is 11.3 Å². The topological polar surface area (TPSA) is 96.2 Å². The molecule has 0 bridgehead atoms. The Morgan fingerprint density at radius 2 is 2.14 bits per heavy atom. The number of alkyl halides is 2. The Labute approximate surface area is 76.2 Å². The number of H-pyrrole nitrogens is 1. The molecule has 0 unspecified atom stereocenters. The van der Waals surface area contributed by atoms with Crippen LogP contribution in [0.15, 0.2) is 10.9 Å². The number of amides is 1. The number of aromatic amines is 1. The van der Waals surface area contributed by atoms with E-state index in [4.69, 9.17) is 10.8 Å². The number of hydrogen-bond donors (Lipinski definition) is 3. The average molecular weight is 204 g/mol. The van der Waals surface area contributed by atoms with Crippen molar-refractivity contribution in [2.75, 3.05) is 0 Å². The molecule has 7 heteroatoms. The van der Waals surface area contributed by atoms with Crippen LogP contribution in [-0.2, 0) is 0 Å². The number of carbonyl (C=O) groups is 1. The number of aromatic nitrogens is 1. The number of nitrogens with one attached hydrogen (secondary N) is 1. The van der Waals surface area contributed by atoms with E-state index in [9.17, 15) is 18.4 Å². The Morgan fingerprint density at radius 3 is 2.57 bits per heavy atom. The van der Waals surface area contributed by atoms with Gasteiger partial charge < -0.3 is 15.8 Å². The Morgan fingerprint density at radius 1 is 1.57 bits per heavy atom. The summed E-state index contributed by atoms with van der Waals surface area (Å²) < 4.78 is 24.5. The summed E-state index contributed by atoms with van der Waals surface area (Å²) in [6.45, 7) is 0. The van der Waals surface area contributed by atoms with Crippen molar-refractivity contribution in [2.24, 2.45) is 5.73 Å². The molecule has 0 fully saturated rings. The summed E-state index contributed by atoms with van der Waals surface area (Å²) in [4.78, 5) is 23.1. The lowest BCUT2D eigenvalue weighted by atomic mass is 10.1. The first kappa shape index (κ1) is 10.2.